The average Bonchev–Trinajstić information content (AvgIpc) is 3.11. The van der Waals surface area contributed by atoms with E-state index < -0.39 is 0 Å². The minimum Gasteiger partial charge on any atom is -0.376 e. The number of aromatic amines is 1. The number of H-pyrrole nitrogens is 1. The number of nitrogens with zero attached hydrogens (tertiary/aromatic N) is 1. The smallest absolute Gasteiger partial charge is 0.267 e. The lowest BCUT2D eigenvalue weighted by Gasteiger charge is -2.31. The Morgan fingerprint density at radius 1 is 1.19 bits per heavy atom. The van der Waals surface area contributed by atoms with Crippen LogP contribution < -0.4 is 5.32 Å². The molecule has 1 aliphatic heterocycles. The number of ether oxygens (including phenoxy) is 1. The quantitative estimate of drug-likeness (QED) is 0.731. The van der Waals surface area contributed by atoms with E-state index in [9.17, 15) is 4.79 Å². The fourth-order valence-electron chi connectivity index (χ4n) is 3.60. The average molecular weight is 363 g/mol. The van der Waals surface area contributed by atoms with Crippen LogP contribution in [-0.2, 0) is 17.8 Å². The maximum Gasteiger partial charge on any atom is 0.267 e. The van der Waals surface area contributed by atoms with E-state index >= 15 is 0 Å². The standard InChI is InChI=1S/C22H25N3O2/c1-16-14-25(9-10-27-16)15-18-6-4-5-17(11-18)13-23-22(26)21-12-19-7-2-3-8-20(19)24-21/h2-8,11-12,16,24H,9-10,13-15H2,1H3,(H,23,26). The number of rotatable bonds is 5. The van der Waals surface area contributed by atoms with E-state index in [-0.39, 0.29) is 12.0 Å². The number of carbonyl (C=O) groups is 1. The SMILES string of the molecule is CC1CN(Cc2cccc(CNC(=O)c3cc4ccccc4[nH]3)c2)CCO1. The van der Waals surface area contributed by atoms with Gasteiger partial charge in [0.1, 0.15) is 5.69 Å². The summed E-state index contributed by atoms with van der Waals surface area (Å²) in [5.74, 6) is -0.0846. The van der Waals surface area contributed by atoms with Crippen LogP contribution >= 0.6 is 0 Å². The van der Waals surface area contributed by atoms with E-state index in [0.717, 1.165) is 42.7 Å². The van der Waals surface area contributed by atoms with Crippen molar-refractivity contribution in [2.75, 3.05) is 19.7 Å². The molecule has 2 aromatic carbocycles. The molecule has 1 fully saturated rings. The molecule has 1 unspecified atom stereocenters. The van der Waals surface area contributed by atoms with Gasteiger partial charge in [-0.15, -0.1) is 0 Å². The Balaban J connectivity index is 1.37. The molecule has 5 nitrogen and oxygen atoms in total. The highest BCUT2D eigenvalue weighted by Gasteiger charge is 2.16. The molecule has 0 radical (unpaired) electrons. The molecule has 0 aliphatic carbocycles. The second-order valence-corrected chi connectivity index (χ2v) is 7.19. The number of aromatic nitrogens is 1. The first-order chi connectivity index (χ1) is 13.2. The van der Waals surface area contributed by atoms with E-state index in [1.54, 1.807) is 0 Å². The number of amides is 1. The molecule has 0 saturated carbocycles. The number of hydrogen-bond donors (Lipinski definition) is 2. The molecule has 1 amide bonds. The molecule has 4 rings (SSSR count). The van der Waals surface area contributed by atoms with E-state index in [2.05, 4.69) is 46.4 Å². The minimum absolute atomic E-state index is 0.0846. The zero-order valence-electron chi connectivity index (χ0n) is 15.6. The molecule has 27 heavy (non-hydrogen) atoms. The third-order valence-corrected chi connectivity index (χ3v) is 4.95. The van der Waals surface area contributed by atoms with Crippen molar-refractivity contribution in [3.05, 3.63) is 71.4 Å². The molecule has 2 N–H and O–H groups in total. The van der Waals surface area contributed by atoms with E-state index in [1.807, 2.05) is 30.3 Å². The Labute approximate surface area is 159 Å². The van der Waals surface area contributed by atoms with Gasteiger partial charge < -0.3 is 15.0 Å². The molecule has 0 spiro atoms. The first kappa shape index (κ1) is 17.8. The summed E-state index contributed by atoms with van der Waals surface area (Å²) in [5, 5.41) is 4.06. The van der Waals surface area contributed by atoms with Crippen molar-refractivity contribution in [3.63, 3.8) is 0 Å². The number of nitrogens with one attached hydrogen (secondary N) is 2. The lowest BCUT2D eigenvalue weighted by atomic mass is 10.1. The van der Waals surface area contributed by atoms with Crippen LogP contribution in [0, 0.1) is 0 Å². The molecule has 1 aliphatic rings. The van der Waals surface area contributed by atoms with Crippen LogP contribution in [0.5, 0.6) is 0 Å². The lowest BCUT2D eigenvalue weighted by Crippen LogP contribution is -2.40. The Kier molecular flexibility index (Phi) is 5.23. The molecule has 3 aromatic rings. The molecule has 5 heteroatoms. The first-order valence-corrected chi connectivity index (χ1v) is 9.45. The van der Waals surface area contributed by atoms with Gasteiger partial charge in [0.05, 0.1) is 12.7 Å². The number of benzene rings is 2. The van der Waals surface area contributed by atoms with Crippen LogP contribution in [0.4, 0.5) is 0 Å². The van der Waals surface area contributed by atoms with Crippen molar-refractivity contribution in [2.45, 2.75) is 26.1 Å². The molecular weight excluding hydrogens is 338 g/mol. The highest BCUT2D eigenvalue weighted by Crippen LogP contribution is 2.15. The van der Waals surface area contributed by atoms with Gasteiger partial charge in [0.25, 0.3) is 5.91 Å². The number of fused-ring (bicyclic) bond motifs is 1. The zero-order chi connectivity index (χ0) is 18.6. The normalized spacial score (nSPS) is 17.9. The highest BCUT2D eigenvalue weighted by molar-refractivity contribution is 5.97. The van der Waals surface area contributed by atoms with Crippen LogP contribution in [0.25, 0.3) is 10.9 Å². The van der Waals surface area contributed by atoms with Gasteiger partial charge in [0.2, 0.25) is 0 Å². The van der Waals surface area contributed by atoms with Gasteiger partial charge in [0.15, 0.2) is 0 Å². The van der Waals surface area contributed by atoms with Crippen LogP contribution in [-0.4, -0.2) is 41.6 Å². The van der Waals surface area contributed by atoms with Gasteiger partial charge in [-0.2, -0.15) is 0 Å². The van der Waals surface area contributed by atoms with Crippen LogP contribution in [0.1, 0.15) is 28.5 Å². The summed E-state index contributed by atoms with van der Waals surface area (Å²) >= 11 is 0. The van der Waals surface area contributed by atoms with Gasteiger partial charge >= 0.3 is 0 Å². The Hall–Kier alpha value is -2.63. The molecule has 140 valence electrons. The van der Waals surface area contributed by atoms with E-state index in [4.69, 9.17) is 4.74 Å². The van der Waals surface area contributed by atoms with Crippen molar-refractivity contribution in [1.82, 2.24) is 15.2 Å². The molecule has 2 heterocycles. The summed E-state index contributed by atoms with van der Waals surface area (Å²) in [6.07, 6.45) is 0.289. The summed E-state index contributed by atoms with van der Waals surface area (Å²) in [4.78, 5) is 18.0. The number of carbonyl (C=O) groups excluding carboxylic acids is 1. The fourth-order valence-corrected chi connectivity index (χ4v) is 3.60. The van der Waals surface area contributed by atoms with Crippen molar-refractivity contribution in [3.8, 4) is 0 Å². The van der Waals surface area contributed by atoms with E-state index in [1.165, 1.54) is 5.56 Å². The summed E-state index contributed by atoms with van der Waals surface area (Å²) in [5.41, 5.74) is 3.94. The number of hydrogen-bond acceptors (Lipinski definition) is 3. The van der Waals surface area contributed by atoms with Gasteiger partial charge in [0, 0.05) is 37.1 Å². The largest absolute Gasteiger partial charge is 0.376 e. The maximum absolute atomic E-state index is 12.5. The zero-order valence-corrected chi connectivity index (χ0v) is 15.6. The topological polar surface area (TPSA) is 57.4 Å². The minimum atomic E-state index is -0.0846. The fraction of sp³-hybridized carbons (Fsp3) is 0.318. The predicted octanol–water partition coefficient (Wildman–Crippen LogP) is 3.32. The molecular formula is C22H25N3O2. The number of morpholine rings is 1. The highest BCUT2D eigenvalue weighted by atomic mass is 16.5. The Bertz CT molecular complexity index is 901. The van der Waals surface area contributed by atoms with E-state index in [0.29, 0.717) is 12.2 Å². The summed E-state index contributed by atoms with van der Waals surface area (Å²) < 4.78 is 5.61. The second kappa shape index (κ2) is 7.94. The number of para-hydroxylation sites is 1. The van der Waals surface area contributed by atoms with Crippen LogP contribution in [0.3, 0.4) is 0 Å². The van der Waals surface area contributed by atoms with Gasteiger partial charge in [-0.05, 0) is 30.2 Å². The van der Waals surface area contributed by atoms with Gasteiger partial charge in [-0.1, -0.05) is 42.5 Å². The monoisotopic (exact) mass is 363 g/mol. The lowest BCUT2D eigenvalue weighted by molar-refractivity contribution is -0.0212. The summed E-state index contributed by atoms with van der Waals surface area (Å²) in [6.45, 7) is 6.26. The summed E-state index contributed by atoms with van der Waals surface area (Å²) in [7, 11) is 0. The Morgan fingerprint density at radius 2 is 2.04 bits per heavy atom. The third-order valence-electron chi connectivity index (χ3n) is 4.95. The third kappa shape index (κ3) is 4.38. The van der Waals surface area contributed by atoms with Crippen molar-refractivity contribution >= 4 is 16.8 Å². The molecule has 1 aromatic heterocycles. The predicted molar refractivity (Wildman–Crippen MR) is 107 cm³/mol. The summed E-state index contributed by atoms with van der Waals surface area (Å²) in [6, 6.07) is 18.2. The first-order valence-electron chi connectivity index (χ1n) is 9.45. The van der Waals surface area contributed by atoms with Gasteiger partial charge in [-0.25, -0.2) is 0 Å². The molecule has 0 bridgehead atoms. The van der Waals surface area contributed by atoms with Crippen molar-refractivity contribution in [2.24, 2.45) is 0 Å². The van der Waals surface area contributed by atoms with Crippen molar-refractivity contribution in [1.29, 1.82) is 0 Å². The van der Waals surface area contributed by atoms with Crippen LogP contribution in [0.15, 0.2) is 54.6 Å². The second-order valence-electron chi connectivity index (χ2n) is 7.19. The Morgan fingerprint density at radius 3 is 2.89 bits per heavy atom. The van der Waals surface area contributed by atoms with Crippen LogP contribution in [0.2, 0.25) is 0 Å². The van der Waals surface area contributed by atoms with Gasteiger partial charge in [-0.3, -0.25) is 9.69 Å². The molecule has 1 atom stereocenters. The maximum atomic E-state index is 12.5. The van der Waals surface area contributed by atoms with Crippen molar-refractivity contribution < 1.29 is 9.53 Å². The molecule has 1 saturated heterocycles.